The van der Waals surface area contributed by atoms with Crippen molar-refractivity contribution in [2.75, 3.05) is 5.32 Å². The van der Waals surface area contributed by atoms with E-state index < -0.39 is 0 Å². The van der Waals surface area contributed by atoms with Crippen molar-refractivity contribution in [2.24, 2.45) is 13.0 Å². The highest BCUT2D eigenvalue weighted by molar-refractivity contribution is 5.62. The van der Waals surface area contributed by atoms with Gasteiger partial charge in [-0.25, -0.2) is 4.68 Å². The Morgan fingerprint density at radius 1 is 1.24 bits per heavy atom. The summed E-state index contributed by atoms with van der Waals surface area (Å²) in [5, 5.41) is 15.3. The van der Waals surface area contributed by atoms with Crippen LogP contribution in [-0.4, -0.2) is 26.2 Å². The van der Waals surface area contributed by atoms with Crippen LogP contribution in [0.3, 0.4) is 0 Å². The zero-order chi connectivity index (χ0) is 14.7. The minimum atomic E-state index is 0.598. The SMILES string of the molecule is CCC1CCC(Nc2cccc(-c3nnnn3C)c2)CC1. The van der Waals surface area contributed by atoms with E-state index in [2.05, 4.69) is 46.0 Å². The molecule has 1 N–H and O–H groups in total. The van der Waals surface area contributed by atoms with Crippen molar-refractivity contribution in [3.63, 3.8) is 0 Å². The Labute approximate surface area is 125 Å². The molecule has 112 valence electrons. The maximum Gasteiger partial charge on any atom is 0.181 e. The monoisotopic (exact) mass is 285 g/mol. The Morgan fingerprint density at radius 3 is 2.71 bits per heavy atom. The molecular formula is C16H23N5. The summed E-state index contributed by atoms with van der Waals surface area (Å²) in [5.41, 5.74) is 2.21. The molecule has 0 unspecified atom stereocenters. The van der Waals surface area contributed by atoms with Crippen LogP contribution in [0.5, 0.6) is 0 Å². The number of tetrazole rings is 1. The number of hydrogen-bond donors (Lipinski definition) is 1. The van der Waals surface area contributed by atoms with E-state index in [1.807, 2.05) is 13.1 Å². The maximum absolute atomic E-state index is 4.07. The molecule has 0 radical (unpaired) electrons. The largest absolute Gasteiger partial charge is 0.382 e. The summed E-state index contributed by atoms with van der Waals surface area (Å²) >= 11 is 0. The average Bonchev–Trinajstić information content (AvgIpc) is 2.94. The quantitative estimate of drug-likeness (QED) is 0.936. The number of aromatic nitrogens is 4. The highest BCUT2D eigenvalue weighted by Crippen LogP contribution is 2.29. The zero-order valence-electron chi connectivity index (χ0n) is 12.8. The van der Waals surface area contributed by atoms with E-state index in [1.165, 1.54) is 32.1 Å². The number of aryl methyl sites for hydroxylation is 1. The van der Waals surface area contributed by atoms with Gasteiger partial charge in [-0.15, -0.1) is 5.10 Å². The van der Waals surface area contributed by atoms with Gasteiger partial charge in [0.25, 0.3) is 0 Å². The van der Waals surface area contributed by atoms with Crippen LogP contribution in [0.15, 0.2) is 24.3 Å². The molecule has 1 aliphatic rings. The van der Waals surface area contributed by atoms with Crippen molar-refractivity contribution < 1.29 is 0 Å². The molecule has 0 amide bonds. The van der Waals surface area contributed by atoms with Gasteiger partial charge in [0.05, 0.1) is 0 Å². The van der Waals surface area contributed by atoms with E-state index in [0.29, 0.717) is 6.04 Å². The number of nitrogens with one attached hydrogen (secondary N) is 1. The Hall–Kier alpha value is -1.91. The van der Waals surface area contributed by atoms with Crippen molar-refractivity contribution >= 4 is 5.69 Å². The number of rotatable bonds is 4. The molecule has 0 atom stereocenters. The molecule has 5 heteroatoms. The average molecular weight is 285 g/mol. The van der Waals surface area contributed by atoms with E-state index in [0.717, 1.165) is 23.0 Å². The molecule has 0 bridgehead atoms. The number of hydrogen-bond acceptors (Lipinski definition) is 4. The van der Waals surface area contributed by atoms with Crippen molar-refractivity contribution in [1.29, 1.82) is 0 Å². The smallest absolute Gasteiger partial charge is 0.181 e. The van der Waals surface area contributed by atoms with Crippen LogP contribution in [0.4, 0.5) is 5.69 Å². The van der Waals surface area contributed by atoms with Crippen LogP contribution in [0.25, 0.3) is 11.4 Å². The number of benzene rings is 1. The van der Waals surface area contributed by atoms with Crippen LogP contribution in [-0.2, 0) is 7.05 Å². The second-order valence-electron chi connectivity index (χ2n) is 5.98. The predicted molar refractivity (Wildman–Crippen MR) is 83.9 cm³/mol. The van der Waals surface area contributed by atoms with E-state index in [4.69, 9.17) is 0 Å². The third-order valence-corrected chi connectivity index (χ3v) is 4.54. The fourth-order valence-corrected chi connectivity index (χ4v) is 3.17. The topological polar surface area (TPSA) is 55.6 Å². The van der Waals surface area contributed by atoms with E-state index >= 15 is 0 Å². The van der Waals surface area contributed by atoms with Crippen LogP contribution < -0.4 is 5.32 Å². The molecule has 5 nitrogen and oxygen atoms in total. The molecule has 1 aromatic carbocycles. The van der Waals surface area contributed by atoms with Crippen molar-refractivity contribution in [3.8, 4) is 11.4 Å². The minimum Gasteiger partial charge on any atom is -0.382 e. The third-order valence-electron chi connectivity index (χ3n) is 4.54. The standard InChI is InChI=1S/C16H23N5/c1-3-12-7-9-14(10-8-12)17-15-6-4-5-13(11-15)16-18-19-20-21(16)2/h4-6,11-12,14,17H,3,7-10H2,1-2H3. The molecule has 3 rings (SSSR count). The van der Waals surface area contributed by atoms with Crippen LogP contribution in [0.1, 0.15) is 39.0 Å². The summed E-state index contributed by atoms with van der Waals surface area (Å²) in [5.74, 6) is 1.73. The van der Waals surface area contributed by atoms with Gasteiger partial charge in [0.1, 0.15) is 0 Å². The Kier molecular flexibility index (Phi) is 4.18. The molecule has 1 aliphatic carbocycles. The summed E-state index contributed by atoms with van der Waals surface area (Å²) in [6.45, 7) is 2.30. The molecule has 1 heterocycles. The van der Waals surface area contributed by atoms with Gasteiger partial charge in [0.2, 0.25) is 0 Å². The van der Waals surface area contributed by atoms with Crippen molar-refractivity contribution in [1.82, 2.24) is 20.2 Å². The Morgan fingerprint density at radius 2 is 2.05 bits per heavy atom. The van der Waals surface area contributed by atoms with Gasteiger partial charge in [0.15, 0.2) is 5.82 Å². The highest BCUT2D eigenvalue weighted by atomic mass is 15.5. The summed E-state index contributed by atoms with van der Waals surface area (Å²) < 4.78 is 1.70. The maximum atomic E-state index is 4.07. The molecule has 0 aliphatic heterocycles. The zero-order valence-corrected chi connectivity index (χ0v) is 12.8. The lowest BCUT2D eigenvalue weighted by molar-refractivity contribution is 0.330. The van der Waals surface area contributed by atoms with Gasteiger partial charge in [-0.3, -0.25) is 0 Å². The first-order valence-electron chi connectivity index (χ1n) is 7.85. The Balaban J connectivity index is 1.68. The number of nitrogens with zero attached hydrogens (tertiary/aromatic N) is 4. The lowest BCUT2D eigenvalue weighted by Gasteiger charge is -2.29. The van der Waals surface area contributed by atoms with Gasteiger partial charge in [-0.2, -0.15) is 0 Å². The van der Waals surface area contributed by atoms with E-state index in [9.17, 15) is 0 Å². The molecule has 0 spiro atoms. The van der Waals surface area contributed by atoms with Gasteiger partial charge >= 0.3 is 0 Å². The lowest BCUT2D eigenvalue weighted by Crippen LogP contribution is -2.25. The summed E-state index contributed by atoms with van der Waals surface area (Å²) in [6.07, 6.45) is 6.56. The molecule has 0 saturated heterocycles. The number of anilines is 1. The fraction of sp³-hybridized carbons (Fsp3) is 0.562. The van der Waals surface area contributed by atoms with Crippen LogP contribution in [0, 0.1) is 5.92 Å². The highest BCUT2D eigenvalue weighted by Gasteiger charge is 2.19. The first-order valence-corrected chi connectivity index (χ1v) is 7.85. The molecule has 1 saturated carbocycles. The van der Waals surface area contributed by atoms with Gasteiger partial charge in [-0.05, 0) is 54.2 Å². The van der Waals surface area contributed by atoms with Gasteiger partial charge < -0.3 is 5.32 Å². The summed E-state index contributed by atoms with van der Waals surface area (Å²) in [6, 6.07) is 8.96. The van der Waals surface area contributed by atoms with Crippen molar-refractivity contribution in [3.05, 3.63) is 24.3 Å². The van der Waals surface area contributed by atoms with Gasteiger partial charge in [0, 0.05) is 24.3 Å². The first kappa shape index (κ1) is 14.0. The molecule has 1 fully saturated rings. The fourth-order valence-electron chi connectivity index (χ4n) is 3.17. The normalized spacial score (nSPS) is 22.2. The van der Waals surface area contributed by atoms with Gasteiger partial charge in [-0.1, -0.05) is 25.5 Å². The Bertz CT molecular complexity index is 584. The first-order chi connectivity index (χ1) is 10.3. The lowest BCUT2D eigenvalue weighted by atomic mass is 9.84. The predicted octanol–water partition coefficient (Wildman–Crippen LogP) is 3.26. The molecular weight excluding hydrogens is 262 g/mol. The minimum absolute atomic E-state index is 0.598. The molecule has 2 aromatic rings. The van der Waals surface area contributed by atoms with E-state index in [1.54, 1.807) is 4.68 Å². The third kappa shape index (κ3) is 3.23. The van der Waals surface area contributed by atoms with Crippen LogP contribution in [0.2, 0.25) is 0 Å². The summed E-state index contributed by atoms with van der Waals surface area (Å²) in [4.78, 5) is 0. The second kappa shape index (κ2) is 6.24. The molecule has 1 aromatic heterocycles. The van der Waals surface area contributed by atoms with Crippen molar-refractivity contribution in [2.45, 2.75) is 45.1 Å². The second-order valence-corrected chi connectivity index (χ2v) is 5.98. The summed E-state index contributed by atoms with van der Waals surface area (Å²) in [7, 11) is 1.86. The van der Waals surface area contributed by atoms with E-state index in [-0.39, 0.29) is 0 Å². The van der Waals surface area contributed by atoms with Crippen LogP contribution >= 0.6 is 0 Å². The molecule has 21 heavy (non-hydrogen) atoms.